The summed E-state index contributed by atoms with van der Waals surface area (Å²) in [5.41, 5.74) is 1.16. The van der Waals surface area contributed by atoms with Crippen molar-refractivity contribution >= 4 is 0 Å². The first-order valence-corrected chi connectivity index (χ1v) is 4.62. The minimum atomic E-state index is 0.511. The van der Waals surface area contributed by atoms with Crippen LogP contribution in [0.15, 0.2) is 24.4 Å². The maximum Gasteiger partial charge on any atom is 0.0700 e. The number of rotatable bonds is 5. The molecule has 2 heteroatoms. The van der Waals surface area contributed by atoms with Gasteiger partial charge < -0.3 is 4.74 Å². The van der Waals surface area contributed by atoms with E-state index in [-0.39, 0.29) is 0 Å². The standard InChI is InChI=1S/C11H16NO/c1-10(6-5-9-13-2)11-7-3-4-8-12-11/h3-4,7-8,10H,2,5-6,9H2,1H3. The Balaban J connectivity index is 2.35. The molecule has 0 spiro atoms. The van der Waals surface area contributed by atoms with Crippen molar-refractivity contribution in [2.45, 2.75) is 25.7 Å². The zero-order valence-electron chi connectivity index (χ0n) is 8.07. The lowest BCUT2D eigenvalue weighted by Crippen LogP contribution is -1.98. The summed E-state index contributed by atoms with van der Waals surface area (Å²) in [6.07, 6.45) is 3.98. The van der Waals surface area contributed by atoms with Gasteiger partial charge in [-0.3, -0.25) is 4.98 Å². The van der Waals surface area contributed by atoms with Crippen LogP contribution < -0.4 is 0 Å². The zero-order chi connectivity index (χ0) is 9.52. The molecule has 71 valence electrons. The summed E-state index contributed by atoms with van der Waals surface area (Å²) < 4.78 is 4.76. The van der Waals surface area contributed by atoms with E-state index in [1.807, 2.05) is 18.3 Å². The monoisotopic (exact) mass is 178 g/mol. The van der Waals surface area contributed by atoms with Crippen LogP contribution in [0.4, 0.5) is 0 Å². The van der Waals surface area contributed by atoms with E-state index in [1.165, 1.54) is 0 Å². The lowest BCUT2D eigenvalue weighted by molar-refractivity contribution is 0.232. The molecular formula is C11H16NO. The molecule has 0 saturated heterocycles. The van der Waals surface area contributed by atoms with Gasteiger partial charge in [0.05, 0.1) is 7.11 Å². The van der Waals surface area contributed by atoms with Gasteiger partial charge in [-0.2, -0.15) is 0 Å². The second kappa shape index (κ2) is 5.70. The minimum absolute atomic E-state index is 0.511. The third-order valence-electron chi connectivity index (χ3n) is 2.12. The molecule has 0 aromatic carbocycles. The molecule has 1 radical (unpaired) electrons. The molecule has 1 rings (SSSR count). The van der Waals surface area contributed by atoms with Crippen molar-refractivity contribution in [3.05, 3.63) is 37.2 Å². The number of hydrogen-bond donors (Lipinski definition) is 0. The fourth-order valence-electron chi connectivity index (χ4n) is 1.31. The van der Waals surface area contributed by atoms with Crippen molar-refractivity contribution in [2.24, 2.45) is 0 Å². The Bertz CT molecular complexity index is 223. The van der Waals surface area contributed by atoms with Crippen LogP contribution in [0.3, 0.4) is 0 Å². The molecule has 0 aliphatic rings. The van der Waals surface area contributed by atoms with Crippen LogP contribution in [0.25, 0.3) is 0 Å². The first kappa shape index (κ1) is 10.2. The van der Waals surface area contributed by atoms with Gasteiger partial charge in [0.15, 0.2) is 0 Å². The lowest BCUT2D eigenvalue weighted by atomic mass is 10.0. The number of ether oxygens (including phenoxy) is 1. The molecule has 0 aliphatic heterocycles. The highest BCUT2D eigenvalue weighted by Gasteiger charge is 2.04. The molecule has 0 saturated carbocycles. The average molecular weight is 178 g/mol. The number of aromatic nitrogens is 1. The smallest absolute Gasteiger partial charge is 0.0700 e. The fraction of sp³-hybridized carbons (Fsp3) is 0.455. The molecule has 0 fully saturated rings. The quantitative estimate of drug-likeness (QED) is 0.647. The predicted molar refractivity (Wildman–Crippen MR) is 53.2 cm³/mol. The minimum Gasteiger partial charge on any atom is -0.379 e. The van der Waals surface area contributed by atoms with Gasteiger partial charge in [0.1, 0.15) is 0 Å². The van der Waals surface area contributed by atoms with Gasteiger partial charge in [0.2, 0.25) is 0 Å². The molecule has 0 bridgehead atoms. The van der Waals surface area contributed by atoms with E-state index in [1.54, 1.807) is 0 Å². The zero-order valence-corrected chi connectivity index (χ0v) is 8.07. The molecule has 1 unspecified atom stereocenters. The Morgan fingerprint density at radius 1 is 1.54 bits per heavy atom. The highest BCUT2D eigenvalue weighted by atomic mass is 16.5. The van der Waals surface area contributed by atoms with Gasteiger partial charge in [0.25, 0.3) is 0 Å². The first-order chi connectivity index (χ1) is 6.34. The van der Waals surface area contributed by atoms with Gasteiger partial charge in [0, 0.05) is 18.5 Å². The van der Waals surface area contributed by atoms with Crippen LogP contribution in [0.5, 0.6) is 0 Å². The number of hydrogen-bond acceptors (Lipinski definition) is 2. The maximum atomic E-state index is 4.76. The summed E-state index contributed by atoms with van der Waals surface area (Å²) in [4.78, 5) is 4.30. The SMILES string of the molecule is [CH2]OCCCC(C)c1ccccn1. The molecule has 1 aromatic rings. The largest absolute Gasteiger partial charge is 0.379 e. The van der Waals surface area contributed by atoms with Crippen LogP contribution in [0.1, 0.15) is 31.4 Å². The molecule has 1 atom stereocenters. The highest BCUT2D eigenvalue weighted by Crippen LogP contribution is 2.17. The van der Waals surface area contributed by atoms with Crippen LogP contribution >= 0.6 is 0 Å². The van der Waals surface area contributed by atoms with Crippen molar-refractivity contribution in [1.82, 2.24) is 4.98 Å². The molecular weight excluding hydrogens is 162 g/mol. The van der Waals surface area contributed by atoms with E-state index in [2.05, 4.69) is 25.1 Å². The van der Waals surface area contributed by atoms with E-state index >= 15 is 0 Å². The Labute approximate surface area is 80.0 Å². The molecule has 0 amide bonds. The Kier molecular flexibility index (Phi) is 4.47. The van der Waals surface area contributed by atoms with Crippen LogP contribution in [0.2, 0.25) is 0 Å². The number of pyridine rings is 1. The normalized spacial score (nSPS) is 12.8. The summed E-state index contributed by atoms with van der Waals surface area (Å²) in [7, 11) is 3.34. The maximum absolute atomic E-state index is 4.76. The van der Waals surface area contributed by atoms with E-state index in [4.69, 9.17) is 4.74 Å². The fourth-order valence-corrected chi connectivity index (χ4v) is 1.31. The summed E-state index contributed by atoms with van der Waals surface area (Å²) in [6, 6.07) is 6.03. The number of nitrogens with zero attached hydrogens (tertiary/aromatic N) is 1. The van der Waals surface area contributed by atoms with Gasteiger partial charge in [-0.15, -0.1) is 0 Å². The predicted octanol–water partition coefficient (Wildman–Crippen LogP) is 2.77. The van der Waals surface area contributed by atoms with Gasteiger partial charge >= 0.3 is 0 Å². The van der Waals surface area contributed by atoms with Crippen molar-refractivity contribution in [2.75, 3.05) is 6.61 Å². The Hall–Kier alpha value is -0.890. The van der Waals surface area contributed by atoms with Crippen molar-refractivity contribution in [3.63, 3.8) is 0 Å². The third kappa shape index (κ3) is 3.55. The molecule has 0 N–H and O–H groups in total. The molecule has 0 aliphatic carbocycles. The third-order valence-corrected chi connectivity index (χ3v) is 2.12. The van der Waals surface area contributed by atoms with E-state index in [0.717, 1.165) is 25.1 Å². The molecule has 1 aromatic heterocycles. The van der Waals surface area contributed by atoms with E-state index in [0.29, 0.717) is 5.92 Å². The summed E-state index contributed by atoms with van der Waals surface area (Å²) in [5, 5.41) is 0. The first-order valence-electron chi connectivity index (χ1n) is 4.62. The summed E-state index contributed by atoms with van der Waals surface area (Å²) in [5.74, 6) is 0.511. The summed E-state index contributed by atoms with van der Waals surface area (Å²) >= 11 is 0. The van der Waals surface area contributed by atoms with Crippen molar-refractivity contribution < 1.29 is 4.74 Å². The van der Waals surface area contributed by atoms with Gasteiger partial charge in [-0.1, -0.05) is 13.0 Å². The molecule has 13 heavy (non-hydrogen) atoms. The second-order valence-electron chi connectivity index (χ2n) is 3.21. The lowest BCUT2D eigenvalue weighted by Gasteiger charge is -2.09. The van der Waals surface area contributed by atoms with Crippen LogP contribution in [-0.2, 0) is 4.74 Å². The Morgan fingerprint density at radius 2 is 2.38 bits per heavy atom. The summed E-state index contributed by atoms with van der Waals surface area (Å²) in [6.45, 7) is 2.92. The van der Waals surface area contributed by atoms with Gasteiger partial charge in [-0.25, -0.2) is 0 Å². The topological polar surface area (TPSA) is 22.1 Å². The van der Waals surface area contributed by atoms with Crippen LogP contribution in [-0.4, -0.2) is 11.6 Å². The van der Waals surface area contributed by atoms with E-state index < -0.39 is 0 Å². The highest BCUT2D eigenvalue weighted by molar-refractivity contribution is 5.07. The van der Waals surface area contributed by atoms with E-state index in [9.17, 15) is 0 Å². The molecule has 1 heterocycles. The second-order valence-corrected chi connectivity index (χ2v) is 3.21. The van der Waals surface area contributed by atoms with Crippen molar-refractivity contribution in [1.29, 1.82) is 0 Å². The van der Waals surface area contributed by atoms with Gasteiger partial charge in [-0.05, 0) is 30.9 Å². The van der Waals surface area contributed by atoms with Crippen LogP contribution in [0, 0.1) is 7.11 Å². The average Bonchev–Trinajstić information content (AvgIpc) is 2.19. The Morgan fingerprint density at radius 3 is 3.00 bits per heavy atom. The van der Waals surface area contributed by atoms with Crippen molar-refractivity contribution in [3.8, 4) is 0 Å². The molecule has 2 nitrogen and oxygen atoms in total.